The normalized spacial score (nSPS) is 13.1. The smallest absolute Gasteiger partial charge is 0.497 e. The van der Waals surface area contributed by atoms with Crippen molar-refractivity contribution in [3.63, 3.8) is 0 Å². The Morgan fingerprint density at radius 3 is 2.12 bits per heavy atom. The Morgan fingerprint density at radius 1 is 0.879 bits per heavy atom. The summed E-state index contributed by atoms with van der Waals surface area (Å²) in [5.41, 5.74) is 3.17. The maximum Gasteiger partial charge on any atom is 0.678 e. The maximum atomic E-state index is 14.5. The van der Waals surface area contributed by atoms with E-state index < -0.39 is 13.2 Å². The standard InChI is InChI=1S/C25H22BF3N2O2/c1-32-22-10-6-20(7-11-22)30-16-18-4-3-17-15-19(27)5-14-24(17)25(18)31(26(28)29)21-8-12-23(33-2)13-9-21/h5-16H,3-4H2,1-2H3. The Balaban J connectivity index is 1.83. The number of hydrogen-bond donors (Lipinski definition) is 0. The first-order valence-corrected chi connectivity index (χ1v) is 10.4. The molecule has 4 nitrogen and oxygen atoms in total. The molecular weight excluding hydrogens is 428 g/mol. The fourth-order valence-corrected chi connectivity index (χ4v) is 3.87. The summed E-state index contributed by atoms with van der Waals surface area (Å²) in [5.74, 6) is 0.872. The van der Waals surface area contributed by atoms with E-state index in [2.05, 4.69) is 4.99 Å². The van der Waals surface area contributed by atoms with Crippen LogP contribution in [0.4, 0.5) is 24.4 Å². The van der Waals surface area contributed by atoms with Crippen LogP contribution in [0.25, 0.3) is 5.70 Å². The van der Waals surface area contributed by atoms with E-state index in [9.17, 15) is 13.0 Å². The lowest BCUT2D eigenvalue weighted by Gasteiger charge is -2.31. The first-order chi connectivity index (χ1) is 16.0. The van der Waals surface area contributed by atoms with Crippen molar-refractivity contribution < 1.29 is 22.5 Å². The average molecular weight is 450 g/mol. The van der Waals surface area contributed by atoms with Gasteiger partial charge in [0.15, 0.2) is 0 Å². The lowest BCUT2D eigenvalue weighted by Crippen LogP contribution is -2.34. The molecule has 1 aliphatic carbocycles. The summed E-state index contributed by atoms with van der Waals surface area (Å²) < 4.78 is 53.2. The summed E-state index contributed by atoms with van der Waals surface area (Å²) in [6.45, 7) is 0. The molecule has 0 atom stereocenters. The topological polar surface area (TPSA) is 34.1 Å². The summed E-state index contributed by atoms with van der Waals surface area (Å²) in [6, 6.07) is 17.8. The zero-order valence-corrected chi connectivity index (χ0v) is 18.3. The molecule has 0 unspecified atom stereocenters. The number of allylic oxidation sites excluding steroid dienone is 1. The van der Waals surface area contributed by atoms with Gasteiger partial charge in [0, 0.05) is 23.2 Å². The van der Waals surface area contributed by atoms with Crippen molar-refractivity contribution in [2.24, 2.45) is 4.99 Å². The summed E-state index contributed by atoms with van der Waals surface area (Å²) in [4.78, 5) is 5.47. The molecule has 0 fully saturated rings. The van der Waals surface area contributed by atoms with Crippen molar-refractivity contribution in [2.75, 3.05) is 19.0 Å². The van der Waals surface area contributed by atoms with E-state index in [1.807, 2.05) is 0 Å². The van der Waals surface area contributed by atoms with Crippen molar-refractivity contribution >= 4 is 30.7 Å². The maximum absolute atomic E-state index is 14.5. The Hall–Kier alpha value is -3.68. The van der Waals surface area contributed by atoms with Crippen LogP contribution in [0.2, 0.25) is 0 Å². The summed E-state index contributed by atoms with van der Waals surface area (Å²) in [5, 5.41) is 0. The lowest BCUT2D eigenvalue weighted by atomic mass is 9.86. The first kappa shape index (κ1) is 22.5. The molecule has 168 valence electrons. The number of hydrogen-bond acceptors (Lipinski definition) is 4. The number of halogens is 3. The minimum absolute atomic E-state index is 0.299. The van der Waals surface area contributed by atoms with E-state index in [-0.39, 0.29) is 0 Å². The molecule has 0 amide bonds. The van der Waals surface area contributed by atoms with Crippen LogP contribution in [-0.4, -0.2) is 27.8 Å². The summed E-state index contributed by atoms with van der Waals surface area (Å²) >= 11 is 0. The zero-order chi connectivity index (χ0) is 23.4. The van der Waals surface area contributed by atoms with E-state index >= 15 is 0 Å². The second-order valence-corrected chi connectivity index (χ2v) is 7.48. The van der Waals surface area contributed by atoms with Gasteiger partial charge in [0.2, 0.25) is 0 Å². The molecule has 0 spiro atoms. The minimum Gasteiger partial charge on any atom is -0.497 e. The number of aryl methyl sites for hydroxylation is 1. The molecule has 0 aromatic heterocycles. The highest BCUT2D eigenvalue weighted by Gasteiger charge is 2.34. The Bertz CT molecular complexity index is 1180. The zero-order valence-electron chi connectivity index (χ0n) is 18.3. The minimum atomic E-state index is -2.83. The van der Waals surface area contributed by atoms with Gasteiger partial charge in [-0.3, -0.25) is 13.6 Å². The van der Waals surface area contributed by atoms with Gasteiger partial charge < -0.3 is 14.3 Å². The van der Waals surface area contributed by atoms with Crippen LogP contribution < -0.4 is 14.3 Å². The molecule has 0 saturated heterocycles. The van der Waals surface area contributed by atoms with Gasteiger partial charge in [-0.2, -0.15) is 0 Å². The van der Waals surface area contributed by atoms with Gasteiger partial charge in [-0.05, 0) is 90.7 Å². The van der Waals surface area contributed by atoms with Crippen molar-refractivity contribution in [3.8, 4) is 11.5 Å². The number of anilines is 1. The van der Waals surface area contributed by atoms with Crippen LogP contribution in [0.15, 0.2) is 77.3 Å². The van der Waals surface area contributed by atoms with Gasteiger partial charge in [-0.1, -0.05) is 0 Å². The molecule has 0 saturated carbocycles. The molecule has 33 heavy (non-hydrogen) atoms. The highest BCUT2D eigenvalue weighted by molar-refractivity contribution is 6.52. The second kappa shape index (κ2) is 9.86. The molecule has 8 heteroatoms. The lowest BCUT2D eigenvalue weighted by molar-refractivity contribution is 0.414. The predicted octanol–water partition coefficient (Wildman–Crippen LogP) is 6.33. The molecule has 0 N–H and O–H groups in total. The number of rotatable bonds is 7. The third-order valence-electron chi connectivity index (χ3n) is 5.52. The van der Waals surface area contributed by atoms with Crippen LogP contribution in [0.3, 0.4) is 0 Å². The second-order valence-electron chi connectivity index (χ2n) is 7.48. The van der Waals surface area contributed by atoms with Crippen molar-refractivity contribution in [3.05, 3.63) is 89.2 Å². The van der Waals surface area contributed by atoms with Crippen LogP contribution in [0.5, 0.6) is 11.5 Å². The van der Waals surface area contributed by atoms with Crippen LogP contribution in [0.1, 0.15) is 17.5 Å². The number of benzene rings is 3. The van der Waals surface area contributed by atoms with Gasteiger partial charge >= 0.3 is 7.40 Å². The summed E-state index contributed by atoms with van der Waals surface area (Å²) in [7, 11) is 0.270. The SMILES string of the molecule is COc1ccc(N=CC2=C(N(B(F)F)c3ccc(OC)cc3)c3ccc(F)cc3CC2)cc1. The largest absolute Gasteiger partial charge is 0.678 e. The van der Waals surface area contributed by atoms with E-state index in [4.69, 9.17) is 9.47 Å². The fraction of sp³-hybridized carbons (Fsp3) is 0.160. The molecule has 3 aromatic rings. The summed E-state index contributed by atoms with van der Waals surface area (Å²) in [6.07, 6.45) is 2.59. The van der Waals surface area contributed by atoms with Crippen LogP contribution >= 0.6 is 0 Å². The number of methoxy groups -OCH3 is 2. The number of ether oxygens (including phenoxy) is 2. The third kappa shape index (κ3) is 4.90. The van der Waals surface area contributed by atoms with Crippen molar-refractivity contribution in [2.45, 2.75) is 12.8 Å². The molecule has 0 heterocycles. The molecule has 0 radical (unpaired) electrons. The Labute approximate surface area is 191 Å². The number of fused-ring (bicyclic) bond motifs is 1. The highest BCUT2D eigenvalue weighted by Crippen LogP contribution is 2.38. The average Bonchev–Trinajstić information content (AvgIpc) is 2.84. The molecule has 4 rings (SSSR count). The quantitative estimate of drug-likeness (QED) is 0.312. The van der Waals surface area contributed by atoms with Crippen LogP contribution in [-0.2, 0) is 6.42 Å². The first-order valence-electron chi connectivity index (χ1n) is 10.4. The van der Waals surface area contributed by atoms with Crippen molar-refractivity contribution in [1.29, 1.82) is 0 Å². The van der Waals surface area contributed by atoms with E-state index in [1.54, 1.807) is 67.9 Å². The molecule has 0 aliphatic heterocycles. The van der Waals surface area contributed by atoms with Gasteiger partial charge in [-0.25, -0.2) is 4.39 Å². The molecule has 3 aromatic carbocycles. The predicted molar refractivity (Wildman–Crippen MR) is 126 cm³/mol. The van der Waals surface area contributed by atoms with Gasteiger partial charge in [-0.15, -0.1) is 0 Å². The van der Waals surface area contributed by atoms with Gasteiger partial charge in [0.1, 0.15) is 17.3 Å². The molecule has 0 bridgehead atoms. The number of aliphatic imine (C=N–C) groups is 1. The van der Waals surface area contributed by atoms with E-state index in [0.29, 0.717) is 58.1 Å². The Morgan fingerprint density at radius 2 is 1.52 bits per heavy atom. The molecular formula is C25H22BF3N2O2. The highest BCUT2D eigenvalue weighted by atomic mass is 19.2. The van der Waals surface area contributed by atoms with Gasteiger partial charge in [0.25, 0.3) is 0 Å². The number of nitrogens with zero attached hydrogens (tertiary/aromatic N) is 2. The van der Waals surface area contributed by atoms with Crippen molar-refractivity contribution in [1.82, 2.24) is 0 Å². The third-order valence-corrected chi connectivity index (χ3v) is 5.52. The fourth-order valence-electron chi connectivity index (χ4n) is 3.87. The van der Waals surface area contributed by atoms with E-state index in [1.165, 1.54) is 19.2 Å². The van der Waals surface area contributed by atoms with E-state index in [0.717, 1.165) is 4.81 Å². The monoisotopic (exact) mass is 450 g/mol. The van der Waals surface area contributed by atoms with Gasteiger partial charge in [0.05, 0.1) is 19.9 Å². The van der Waals surface area contributed by atoms with Crippen LogP contribution in [0, 0.1) is 5.82 Å². The molecule has 1 aliphatic rings. The Kier molecular flexibility index (Phi) is 6.72.